The van der Waals surface area contributed by atoms with Crippen LogP contribution in [0, 0.1) is 0 Å². The Balaban J connectivity index is 1.64. The van der Waals surface area contributed by atoms with Gasteiger partial charge in [0.25, 0.3) is 0 Å². The fourth-order valence-corrected chi connectivity index (χ4v) is 3.41. The van der Waals surface area contributed by atoms with E-state index in [1.807, 2.05) is 12.1 Å². The molecule has 1 saturated heterocycles. The van der Waals surface area contributed by atoms with Crippen molar-refractivity contribution in [3.05, 3.63) is 36.5 Å². The van der Waals surface area contributed by atoms with Crippen molar-refractivity contribution < 1.29 is 8.94 Å². The first kappa shape index (κ1) is 11.7. The molecule has 20 heavy (non-hydrogen) atoms. The third kappa shape index (κ3) is 1.90. The average Bonchev–Trinajstić information content (AvgIpc) is 3.23. The largest absolute Gasteiger partial charge is 0.467 e. The van der Waals surface area contributed by atoms with Gasteiger partial charge >= 0.3 is 0 Å². The Hall–Kier alpha value is -2.15. The van der Waals surface area contributed by atoms with Crippen LogP contribution < -0.4 is 4.90 Å². The minimum absolute atomic E-state index is 0.253. The highest BCUT2D eigenvalue weighted by Crippen LogP contribution is 2.38. The molecular weight excluding hydrogens is 276 g/mol. The molecule has 0 radical (unpaired) electrons. The van der Waals surface area contributed by atoms with E-state index >= 15 is 0 Å². The minimum Gasteiger partial charge on any atom is -0.467 e. The van der Waals surface area contributed by atoms with E-state index in [9.17, 15) is 0 Å². The smallest absolute Gasteiger partial charge is 0.209 e. The monoisotopic (exact) mass is 288 g/mol. The third-order valence-corrected chi connectivity index (χ3v) is 4.42. The molecule has 4 heterocycles. The summed E-state index contributed by atoms with van der Waals surface area (Å²) in [7, 11) is 0. The predicted molar refractivity (Wildman–Crippen MR) is 73.4 cm³/mol. The lowest BCUT2D eigenvalue weighted by Crippen LogP contribution is -2.21. The van der Waals surface area contributed by atoms with Crippen LogP contribution in [0.25, 0.3) is 10.7 Å². The van der Waals surface area contributed by atoms with Crippen molar-refractivity contribution in [3.63, 3.8) is 0 Å². The van der Waals surface area contributed by atoms with Crippen LogP contribution in [-0.4, -0.2) is 21.9 Å². The predicted octanol–water partition coefficient (Wildman–Crippen LogP) is 3.13. The van der Waals surface area contributed by atoms with Gasteiger partial charge in [0.1, 0.15) is 17.7 Å². The molecule has 102 valence electrons. The van der Waals surface area contributed by atoms with E-state index in [0.29, 0.717) is 0 Å². The molecule has 0 unspecified atom stereocenters. The topological polar surface area (TPSA) is 68.2 Å². The maximum Gasteiger partial charge on any atom is 0.209 e. The van der Waals surface area contributed by atoms with Gasteiger partial charge < -0.3 is 13.8 Å². The quantitative estimate of drug-likeness (QED) is 0.737. The molecule has 0 N–H and O–H groups in total. The molecule has 0 bridgehead atoms. The SMILES string of the molecule is c1coc([C@@H]2CCCN2c2nnc(-c3ccon3)s2)c1. The van der Waals surface area contributed by atoms with Gasteiger partial charge in [0.2, 0.25) is 5.13 Å². The Morgan fingerprint density at radius 1 is 1.25 bits per heavy atom. The first-order chi connectivity index (χ1) is 9.92. The molecule has 1 atom stereocenters. The maximum absolute atomic E-state index is 5.54. The third-order valence-electron chi connectivity index (χ3n) is 3.44. The zero-order chi connectivity index (χ0) is 13.4. The minimum atomic E-state index is 0.253. The summed E-state index contributed by atoms with van der Waals surface area (Å²) in [6, 6.07) is 5.98. The lowest BCUT2D eigenvalue weighted by atomic mass is 10.2. The first-order valence-corrected chi connectivity index (χ1v) is 7.28. The van der Waals surface area contributed by atoms with Gasteiger partial charge in [0, 0.05) is 12.6 Å². The van der Waals surface area contributed by atoms with E-state index < -0.39 is 0 Å². The normalized spacial score (nSPS) is 18.8. The van der Waals surface area contributed by atoms with E-state index in [2.05, 4.69) is 20.3 Å². The van der Waals surface area contributed by atoms with Crippen LogP contribution in [0.5, 0.6) is 0 Å². The lowest BCUT2D eigenvalue weighted by Gasteiger charge is -2.21. The van der Waals surface area contributed by atoms with Crippen molar-refractivity contribution in [1.29, 1.82) is 0 Å². The molecule has 1 aliphatic heterocycles. The second kappa shape index (κ2) is 4.75. The van der Waals surface area contributed by atoms with Crippen LogP contribution in [-0.2, 0) is 0 Å². The average molecular weight is 288 g/mol. The van der Waals surface area contributed by atoms with Crippen molar-refractivity contribution in [3.8, 4) is 10.7 Å². The zero-order valence-corrected chi connectivity index (χ0v) is 11.4. The Kier molecular flexibility index (Phi) is 2.77. The fraction of sp³-hybridized carbons (Fsp3) is 0.308. The summed E-state index contributed by atoms with van der Waals surface area (Å²) in [5.41, 5.74) is 0.725. The molecule has 7 heteroatoms. The summed E-state index contributed by atoms with van der Waals surface area (Å²) in [5, 5.41) is 14.1. The van der Waals surface area contributed by atoms with Gasteiger partial charge in [-0.1, -0.05) is 16.5 Å². The van der Waals surface area contributed by atoms with Gasteiger partial charge in [-0.25, -0.2) is 0 Å². The van der Waals surface area contributed by atoms with Crippen molar-refractivity contribution in [2.75, 3.05) is 11.4 Å². The van der Waals surface area contributed by atoms with Crippen LogP contribution in [0.3, 0.4) is 0 Å². The van der Waals surface area contributed by atoms with Crippen LogP contribution in [0.15, 0.2) is 39.7 Å². The zero-order valence-electron chi connectivity index (χ0n) is 10.6. The van der Waals surface area contributed by atoms with Gasteiger partial charge in [-0.2, -0.15) is 0 Å². The number of aromatic nitrogens is 3. The second-order valence-corrected chi connectivity index (χ2v) is 5.60. The highest BCUT2D eigenvalue weighted by atomic mass is 32.1. The Bertz CT molecular complexity index is 677. The van der Waals surface area contributed by atoms with Crippen LogP contribution in [0.4, 0.5) is 5.13 Å². The van der Waals surface area contributed by atoms with Crippen molar-refractivity contribution in [2.45, 2.75) is 18.9 Å². The standard InChI is InChI=1S/C13H12N4O2S/c1-3-10(11-4-2-7-18-11)17(6-1)13-15-14-12(20-13)9-5-8-19-16-9/h2,4-5,7-8,10H,1,3,6H2/t10-/m0/s1. The molecule has 6 nitrogen and oxygen atoms in total. The number of rotatable bonds is 3. The molecule has 4 rings (SSSR count). The van der Waals surface area contributed by atoms with Crippen molar-refractivity contribution >= 4 is 16.5 Å². The molecule has 0 amide bonds. The van der Waals surface area contributed by atoms with Crippen molar-refractivity contribution in [2.24, 2.45) is 0 Å². The van der Waals surface area contributed by atoms with Crippen molar-refractivity contribution in [1.82, 2.24) is 15.4 Å². The number of anilines is 1. The summed E-state index contributed by atoms with van der Waals surface area (Å²) in [6.45, 7) is 0.971. The number of nitrogens with zero attached hydrogens (tertiary/aromatic N) is 4. The second-order valence-electron chi connectivity index (χ2n) is 4.64. The van der Waals surface area contributed by atoms with E-state index in [4.69, 9.17) is 8.94 Å². The van der Waals surface area contributed by atoms with Gasteiger partial charge in [-0.05, 0) is 25.0 Å². The van der Waals surface area contributed by atoms with E-state index in [1.165, 1.54) is 17.6 Å². The first-order valence-electron chi connectivity index (χ1n) is 6.46. The summed E-state index contributed by atoms with van der Waals surface area (Å²) in [6.07, 6.45) is 5.46. The fourth-order valence-electron chi connectivity index (χ4n) is 2.53. The molecule has 1 fully saturated rings. The van der Waals surface area contributed by atoms with Crippen LogP contribution in [0.2, 0.25) is 0 Å². The highest BCUT2D eigenvalue weighted by Gasteiger charge is 2.30. The summed E-state index contributed by atoms with van der Waals surface area (Å²) >= 11 is 1.53. The van der Waals surface area contributed by atoms with Gasteiger partial charge in [-0.3, -0.25) is 0 Å². The Morgan fingerprint density at radius 3 is 3.05 bits per heavy atom. The molecule has 1 aliphatic rings. The molecule has 0 spiro atoms. The summed E-state index contributed by atoms with van der Waals surface area (Å²) < 4.78 is 10.4. The summed E-state index contributed by atoms with van der Waals surface area (Å²) in [5.74, 6) is 0.987. The van der Waals surface area contributed by atoms with Gasteiger partial charge in [0.05, 0.1) is 12.3 Å². The number of hydrogen-bond acceptors (Lipinski definition) is 7. The molecule has 0 saturated carbocycles. The van der Waals surface area contributed by atoms with Gasteiger partial charge in [0.15, 0.2) is 5.01 Å². The number of hydrogen-bond donors (Lipinski definition) is 0. The molecular formula is C13H12N4O2S. The Morgan fingerprint density at radius 2 is 2.25 bits per heavy atom. The van der Waals surface area contributed by atoms with Crippen LogP contribution in [0.1, 0.15) is 24.6 Å². The highest BCUT2D eigenvalue weighted by molar-refractivity contribution is 7.18. The lowest BCUT2D eigenvalue weighted by molar-refractivity contribution is 0.422. The van der Waals surface area contributed by atoms with E-state index in [0.717, 1.165) is 41.0 Å². The van der Waals surface area contributed by atoms with E-state index in [1.54, 1.807) is 12.3 Å². The van der Waals surface area contributed by atoms with Crippen LogP contribution >= 0.6 is 11.3 Å². The maximum atomic E-state index is 5.54. The Labute approximate surface area is 119 Å². The molecule has 3 aromatic heterocycles. The molecule has 0 aromatic carbocycles. The summed E-state index contributed by atoms with van der Waals surface area (Å²) in [4.78, 5) is 2.25. The molecule has 3 aromatic rings. The number of furan rings is 1. The van der Waals surface area contributed by atoms with Gasteiger partial charge in [-0.15, -0.1) is 10.2 Å². The van der Waals surface area contributed by atoms with E-state index in [-0.39, 0.29) is 6.04 Å². The molecule has 0 aliphatic carbocycles.